The summed E-state index contributed by atoms with van der Waals surface area (Å²) in [5, 5.41) is 0.427. The van der Waals surface area contributed by atoms with Crippen LogP contribution in [0.3, 0.4) is 0 Å². The van der Waals surface area contributed by atoms with E-state index in [1.54, 1.807) is 40.9 Å². The zero-order valence-electron chi connectivity index (χ0n) is 14.0. The number of nitrogen functional groups attached to an aromatic ring is 1. The molecule has 130 valence electrons. The van der Waals surface area contributed by atoms with E-state index in [4.69, 9.17) is 10.5 Å². The van der Waals surface area contributed by atoms with Gasteiger partial charge in [-0.25, -0.2) is 4.79 Å². The van der Waals surface area contributed by atoms with Crippen LogP contribution in [0.5, 0.6) is 0 Å². The lowest BCUT2D eigenvalue weighted by atomic mass is 10.2. The van der Waals surface area contributed by atoms with Crippen LogP contribution >= 0.6 is 11.8 Å². The van der Waals surface area contributed by atoms with E-state index < -0.39 is 5.97 Å². The standard InChI is InChI=1S/C19H20N2O3S/c1-13-10-11-21(16-4-2-3-5-17(16)25-13)18(22)12-24-19(23)14-6-8-15(20)9-7-14/h2-9,13H,10-12,20H2,1H3/t13-/m1/s1. The van der Waals surface area contributed by atoms with Crippen molar-refractivity contribution in [3.63, 3.8) is 0 Å². The van der Waals surface area contributed by atoms with E-state index in [0.717, 1.165) is 17.0 Å². The third kappa shape index (κ3) is 4.14. The molecule has 1 amide bonds. The fourth-order valence-electron chi connectivity index (χ4n) is 2.65. The number of carbonyl (C=O) groups is 2. The molecular formula is C19H20N2O3S. The molecule has 0 saturated heterocycles. The predicted octanol–water partition coefficient (Wildman–Crippen LogP) is 3.34. The molecule has 0 bridgehead atoms. The Balaban J connectivity index is 1.68. The van der Waals surface area contributed by atoms with Gasteiger partial charge in [0.25, 0.3) is 5.91 Å². The Hall–Kier alpha value is -2.47. The van der Waals surface area contributed by atoms with Crippen LogP contribution in [0.2, 0.25) is 0 Å². The lowest BCUT2D eigenvalue weighted by molar-refractivity contribution is -0.121. The summed E-state index contributed by atoms with van der Waals surface area (Å²) in [4.78, 5) is 27.5. The van der Waals surface area contributed by atoms with Crippen molar-refractivity contribution < 1.29 is 14.3 Å². The average Bonchev–Trinajstić information content (AvgIpc) is 2.78. The third-order valence-corrected chi connectivity index (χ3v) is 5.25. The van der Waals surface area contributed by atoms with Gasteiger partial charge in [-0.1, -0.05) is 19.1 Å². The molecule has 2 N–H and O–H groups in total. The van der Waals surface area contributed by atoms with Crippen LogP contribution in [0, 0.1) is 0 Å². The molecule has 0 aliphatic carbocycles. The number of esters is 1. The summed E-state index contributed by atoms with van der Waals surface area (Å²) < 4.78 is 5.19. The van der Waals surface area contributed by atoms with E-state index in [9.17, 15) is 9.59 Å². The molecule has 0 unspecified atom stereocenters. The normalized spacial score (nSPS) is 16.7. The fourth-order valence-corrected chi connectivity index (χ4v) is 3.77. The summed E-state index contributed by atoms with van der Waals surface area (Å²) in [6.45, 7) is 2.48. The van der Waals surface area contributed by atoms with Crippen LogP contribution in [0.15, 0.2) is 53.4 Å². The zero-order chi connectivity index (χ0) is 17.8. The molecular weight excluding hydrogens is 336 g/mol. The van der Waals surface area contributed by atoms with E-state index in [1.165, 1.54) is 0 Å². The molecule has 6 heteroatoms. The smallest absolute Gasteiger partial charge is 0.338 e. The van der Waals surface area contributed by atoms with Crippen molar-refractivity contribution in [2.24, 2.45) is 0 Å². The minimum absolute atomic E-state index is 0.217. The summed E-state index contributed by atoms with van der Waals surface area (Å²) in [5.74, 6) is -0.745. The molecule has 5 nitrogen and oxygen atoms in total. The number of benzene rings is 2. The van der Waals surface area contributed by atoms with Gasteiger partial charge >= 0.3 is 5.97 Å². The number of ether oxygens (including phenoxy) is 1. The Bertz CT molecular complexity index is 776. The van der Waals surface area contributed by atoms with E-state index >= 15 is 0 Å². The number of carbonyl (C=O) groups excluding carboxylic acids is 2. The number of nitrogens with zero attached hydrogens (tertiary/aromatic N) is 1. The van der Waals surface area contributed by atoms with Gasteiger partial charge in [-0.15, -0.1) is 11.8 Å². The summed E-state index contributed by atoms with van der Waals surface area (Å²) in [6.07, 6.45) is 0.886. The third-order valence-electron chi connectivity index (χ3n) is 4.02. The number of para-hydroxylation sites is 1. The highest BCUT2D eigenvalue weighted by Crippen LogP contribution is 2.37. The Morgan fingerprint density at radius 1 is 1.20 bits per heavy atom. The van der Waals surface area contributed by atoms with Crippen molar-refractivity contribution in [1.82, 2.24) is 0 Å². The minimum Gasteiger partial charge on any atom is -0.452 e. The van der Waals surface area contributed by atoms with Crippen molar-refractivity contribution in [3.8, 4) is 0 Å². The Morgan fingerprint density at radius 2 is 1.92 bits per heavy atom. The molecule has 1 heterocycles. The van der Waals surface area contributed by atoms with Gasteiger partial charge in [-0.2, -0.15) is 0 Å². The monoisotopic (exact) mass is 356 g/mol. The number of anilines is 2. The van der Waals surface area contributed by atoms with Gasteiger partial charge < -0.3 is 15.4 Å². The molecule has 2 aromatic carbocycles. The Labute approximate surface area is 151 Å². The van der Waals surface area contributed by atoms with Crippen molar-refractivity contribution >= 4 is 35.0 Å². The SMILES string of the molecule is C[C@@H]1CCN(C(=O)COC(=O)c2ccc(N)cc2)c2ccccc2S1. The van der Waals surface area contributed by atoms with Gasteiger partial charge in [0, 0.05) is 22.4 Å². The molecule has 0 fully saturated rings. The Kier molecular flexibility index (Phi) is 5.28. The minimum atomic E-state index is -0.529. The first kappa shape index (κ1) is 17.4. The van der Waals surface area contributed by atoms with E-state index in [0.29, 0.717) is 23.0 Å². The zero-order valence-corrected chi connectivity index (χ0v) is 14.8. The van der Waals surface area contributed by atoms with Crippen molar-refractivity contribution in [1.29, 1.82) is 0 Å². The molecule has 3 rings (SSSR count). The van der Waals surface area contributed by atoms with Crippen molar-refractivity contribution in [2.75, 3.05) is 23.8 Å². The highest BCUT2D eigenvalue weighted by Gasteiger charge is 2.24. The van der Waals surface area contributed by atoms with Gasteiger partial charge in [0.2, 0.25) is 0 Å². The van der Waals surface area contributed by atoms with Crippen LogP contribution in [0.4, 0.5) is 11.4 Å². The largest absolute Gasteiger partial charge is 0.452 e. The first-order valence-electron chi connectivity index (χ1n) is 8.13. The fraction of sp³-hybridized carbons (Fsp3) is 0.263. The van der Waals surface area contributed by atoms with E-state index in [2.05, 4.69) is 6.92 Å². The topological polar surface area (TPSA) is 72.6 Å². The highest BCUT2D eigenvalue weighted by atomic mass is 32.2. The number of amides is 1. The number of hydrogen-bond acceptors (Lipinski definition) is 5. The number of hydrogen-bond donors (Lipinski definition) is 1. The summed E-state index contributed by atoms with van der Waals surface area (Å²) in [7, 11) is 0. The number of thioether (sulfide) groups is 1. The molecule has 25 heavy (non-hydrogen) atoms. The van der Waals surface area contributed by atoms with Gasteiger partial charge in [0.15, 0.2) is 6.61 Å². The lowest BCUT2D eigenvalue weighted by Crippen LogP contribution is -2.35. The van der Waals surface area contributed by atoms with Crippen LogP contribution in [-0.4, -0.2) is 30.3 Å². The van der Waals surface area contributed by atoms with E-state index in [1.807, 2.05) is 24.3 Å². The van der Waals surface area contributed by atoms with E-state index in [-0.39, 0.29) is 12.5 Å². The van der Waals surface area contributed by atoms with Crippen LogP contribution in [0.1, 0.15) is 23.7 Å². The summed E-state index contributed by atoms with van der Waals surface area (Å²) >= 11 is 1.76. The molecule has 1 aliphatic rings. The van der Waals surface area contributed by atoms with Crippen LogP contribution < -0.4 is 10.6 Å². The first-order chi connectivity index (χ1) is 12.0. The predicted molar refractivity (Wildman–Crippen MR) is 99.9 cm³/mol. The number of rotatable bonds is 3. The van der Waals surface area contributed by atoms with Crippen molar-refractivity contribution in [3.05, 3.63) is 54.1 Å². The molecule has 1 aliphatic heterocycles. The van der Waals surface area contributed by atoms with Crippen LogP contribution in [-0.2, 0) is 9.53 Å². The van der Waals surface area contributed by atoms with Gasteiger partial charge in [0.1, 0.15) is 0 Å². The second-order valence-corrected chi connectivity index (χ2v) is 7.41. The maximum absolute atomic E-state index is 12.6. The maximum atomic E-state index is 12.6. The Morgan fingerprint density at radius 3 is 2.68 bits per heavy atom. The highest BCUT2D eigenvalue weighted by molar-refractivity contribution is 8.00. The molecule has 0 saturated carbocycles. The molecule has 2 aromatic rings. The second-order valence-electron chi connectivity index (χ2n) is 5.93. The second kappa shape index (κ2) is 7.61. The van der Waals surface area contributed by atoms with Gasteiger partial charge in [0.05, 0.1) is 11.3 Å². The van der Waals surface area contributed by atoms with Gasteiger partial charge in [-0.3, -0.25) is 4.79 Å². The summed E-state index contributed by atoms with van der Waals surface area (Å²) in [6, 6.07) is 14.2. The number of nitrogens with two attached hydrogens (primary N) is 1. The molecule has 1 atom stereocenters. The molecule has 0 spiro atoms. The lowest BCUT2D eigenvalue weighted by Gasteiger charge is -2.22. The quantitative estimate of drug-likeness (QED) is 0.674. The van der Waals surface area contributed by atoms with Crippen molar-refractivity contribution in [2.45, 2.75) is 23.5 Å². The summed E-state index contributed by atoms with van der Waals surface area (Å²) in [5.41, 5.74) is 7.43. The van der Waals surface area contributed by atoms with Gasteiger partial charge in [-0.05, 0) is 42.8 Å². The average molecular weight is 356 g/mol. The maximum Gasteiger partial charge on any atom is 0.338 e. The molecule has 0 aromatic heterocycles. The molecule has 0 radical (unpaired) electrons. The first-order valence-corrected chi connectivity index (χ1v) is 9.01. The van der Waals surface area contributed by atoms with Crippen LogP contribution in [0.25, 0.3) is 0 Å². The number of fused-ring (bicyclic) bond motifs is 1.